The van der Waals surface area contributed by atoms with Crippen molar-refractivity contribution >= 4 is 23.1 Å². The summed E-state index contributed by atoms with van der Waals surface area (Å²) in [5.74, 6) is 2.00. The van der Waals surface area contributed by atoms with Crippen LogP contribution in [0.5, 0.6) is 5.75 Å². The van der Waals surface area contributed by atoms with Gasteiger partial charge in [-0.1, -0.05) is 18.0 Å². The zero-order chi connectivity index (χ0) is 17.1. The lowest BCUT2D eigenvalue weighted by Crippen LogP contribution is -2.39. The molecule has 0 unspecified atom stereocenters. The average Bonchev–Trinajstić information content (AvgIpc) is 2.54. The number of nitrogen functional groups attached to an aromatic ring is 1. The Labute approximate surface area is 149 Å². The van der Waals surface area contributed by atoms with E-state index in [-0.39, 0.29) is 5.78 Å². The van der Waals surface area contributed by atoms with E-state index in [1.807, 2.05) is 0 Å². The van der Waals surface area contributed by atoms with Crippen LogP contribution in [0.2, 0.25) is 5.02 Å². The Balaban J connectivity index is 1.55. The number of halogens is 1. The zero-order valence-corrected chi connectivity index (χ0v) is 15.1. The van der Waals surface area contributed by atoms with Crippen molar-refractivity contribution < 1.29 is 9.53 Å². The molecule has 1 aliphatic carbocycles. The first-order chi connectivity index (χ1) is 11.6. The second kappa shape index (κ2) is 7.75. The Hall–Kier alpha value is -1.26. The number of anilines is 1. The number of Topliss-reactive ketones (excluding diaryl/α,β-unsaturated/α-hetero) is 1. The quantitative estimate of drug-likeness (QED) is 0.622. The van der Waals surface area contributed by atoms with Gasteiger partial charge in [-0.2, -0.15) is 0 Å². The first-order valence-electron chi connectivity index (χ1n) is 8.95. The number of likely N-dealkylation sites (tertiary alicyclic amines) is 1. The van der Waals surface area contributed by atoms with E-state index in [9.17, 15) is 4.79 Å². The molecule has 0 aromatic heterocycles. The van der Waals surface area contributed by atoms with E-state index in [1.165, 1.54) is 25.8 Å². The number of nitrogens with two attached hydrogens (primary N) is 1. The second-order valence-corrected chi connectivity index (χ2v) is 7.65. The van der Waals surface area contributed by atoms with Gasteiger partial charge in [0.05, 0.1) is 23.4 Å². The van der Waals surface area contributed by atoms with E-state index < -0.39 is 0 Å². The number of carbonyl (C=O) groups excluding carboxylic acids is 1. The highest BCUT2D eigenvalue weighted by Crippen LogP contribution is 2.32. The Kier molecular flexibility index (Phi) is 5.67. The molecule has 0 amide bonds. The topological polar surface area (TPSA) is 55.6 Å². The van der Waals surface area contributed by atoms with Crippen LogP contribution in [0.25, 0.3) is 0 Å². The van der Waals surface area contributed by atoms with Crippen molar-refractivity contribution in [3.05, 3.63) is 22.7 Å². The number of methoxy groups -OCH3 is 1. The van der Waals surface area contributed by atoms with Gasteiger partial charge in [0, 0.05) is 19.0 Å². The number of ether oxygens (including phenoxy) is 1. The summed E-state index contributed by atoms with van der Waals surface area (Å²) in [6, 6.07) is 3.28. The number of ketones is 1. The molecule has 1 aromatic carbocycles. The van der Waals surface area contributed by atoms with E-state index in [0.717, 1.165) is 31.8 Å². The summed E-state index contributed by atoms with van der Waals surface area (Å²) in [5.41, 5.74) is 6.78. The maximum Gasteiger partial charge on any atom is 0.166 e. The molecule has 1 saturated carbocycles. The first-order valence-corrected chi connectivity index (χ1v) is 9.33. The van der Waals surface area contributed by atoms with Crippen LogP contribution in [0, 0.1) is 11.8 Å². The van der Waals surface area contributed by atoms with Crippen molar-refractivity contribution in [1.82, 2.24) is 4.90 Å². The standard InChI is InChI=1S/C19H27ClN2O2/c1-24-19-11-17(21)16(20)10-15(19)18(23)9-13-5-7-22(8-6-13)12-14-3-2-4-14/h10-11,13-14H,2-9,12,21H2,1H3. The normalized spacial score (nSPS) is 19.9. The van der Waals surface area contributed by atoms with Crippen LogP contribution in [-0.4, -0.2) is 37.4 Å². The van der Waals surface area contributed by atoms with Gasteiger partial charge in [-0.15, -0.1) is 0 Å². The Morgan fingerprint density at radius 2 is 1.96 bits per heavy atom. The van der Waals surface area contributed by atoms with Crippen LogP contribution in [0.1, 0.15) is 48.9 Å². The number of piperidine rings is 1. The Morgan fingerprint density at radius 1 is 1.25 bits per heavy atom. The maximum absolute atomic E-state index is 12.7. The summed E-state index contributed by atoms with van der Waals surface area (Å²) in [6.07, 6.45) is 6.97. The molecule has 0 bridgehead atoms. The van der Waals surface area contributed by atoms with Gasteiger partial charge < -0.3 is 15.4 Å². The molecule has 1 aliphatic heterocycles. The molecule has 5 heteroatoms. The molecule has 4 nitrogen and oxygen atoms in total. The average molecular weight is 351 g/mol. The number of hydrogen-bond acceptors (Lipinski definition) is 4. The van der Waals surface area contributed by atoms with E-state index in [0.29, 0.717) is 34.4 Å². The lowest BCUT2D eigenvalue weighted by Gasteiger charge is -2.36. The fraction of sp³-hybridized carbons (Fsp3) is 0.632. The molecular formula is C19H27ClN2O2. The molecule has 132 valence electrons. The Morgan fingerprint density at radius 3 is 2.54 bits per heavy atom. The highest BCUT2D eigenvalue weighted by atomic mass is 35.5. The summed E-state index contributed by atoms with van der Waals surface area (Å²) in [7, 11) is 1.55. The second-order valence-electron chi connectivity index (χ2n) is 7.24. The molecule has 1 aromatic rings. The molecule has 24 heavy (non-hydrogen) atoms. The number of nitrogens with zero attached hydrogens (tertiary/aromatic N) is 1. The van der Waals surface area contributed by atoms with Gasteiger partial charge in [-0.25, -0.2) is 0 Å². The van der Waals surface area contributed by atoms with E-state index >= 15 is 0 Å². The van der Waals surface area contributed by atoms with Gasteiger partial charge in [0.2, 0.25) is 0 Å². The van der Waals surface area contributed by atoms with Crippen molar-refractivity contribution in [3.8, 4) is 5.75 Å². The van der Waals surface area contributed by atoms with Crippen LogP contribution >= 0.6 is 11.6 Å². The smallest absolute Gasteiger partial charge is 0.166 e. The van der Waals surface area contributed by atoms with Crippen molar-refractivity contribution in [1.29, 1.82) is 0 Å². The number of benzene rings is 1. The molecule has 2 fully saturated rings. The third-order valence-corrected chi connectivity index (χ3v) is 5.87. The van der Waals surface area contributed by atoms with Gasteiger partial charge in [0.1, 0.15) is 5.75 Å². The highest BCUT2D eigenvalue weighted by Gasteiger charge is 2.26. The summed E-state index contributed by atoms with van der Waals surface area (Å²) >= 11 is 6.08. The van der Waals surface area contributed by atoms with Crippen LogP contribution < -0.4 is 10.5 Å². The maximum atomic E-state index is 12.7. The molecule has 2 aliphatic rings. The molecule has 2 N–H and O–H groups in total. The number of rotatable bonds is 6. The van der Waals surface area contributed by atoms with Crippen molar-refractivity contribution in [3.63, 3.8) is 0 Å². The molecular weight excluding hydrogens is 324 g/mol. The predicted octanol–water partition coefficient (Wildman–Crippen LogP) is 4.02. The van der Waals surface area contributed by atoms with E-state index in [2.05, 4.69) is 4.90 Å². The third kappa shape index (κ3) is 4.04. The van der Waals surface area contributed by atoms with Gasteiger partial charge >= 0.3 is 0 Å². The third-order valence-electron chi connectivity index (χ3n) is 5.54. The highest BCUT2D eigenvalue weighted by molar-refractivity contribution is 6.33. The van der Waals surface area contributed by atoms with Crippen LogP contribution in [0.3, 0.4) is 0 Å². The van der Waals surface area contributed by atoms with Crippen molar-refractivity contribution in [2.75, 3.05) is 32.5 Å². The van der Waals surface area contributed by atoms with Gasteiger partial charge in [0.15, 0.2) is 5.78 Å². The van der Waals surface area contributed by atoms with Gasteiger partial charge in [-0.3, -0.25) is 4.79 Å². The lowest BCUT2D eigenvalue weighted by molar-refractivity contribution is 0.0901. The molecule has 3 rings (SSSR count). The van der Waals surface area contributed by atoms with Crippen LogP contribution in [0.4, 0.5) is 5.69 Å². The largest absolute Gasteiger partial charge is 0.496 e. The molecule has 0 spiro atoms. The molecule has 0 atom stereocenters. The summed E-state index contributed by atoms with van der Waals surface area (Å²) in [4.78, 5) is 15.3. The first kappa shape index (κ1) is 17.6. The lowest BCUT2D eigenvalue weighted by atomic mass is 9.84. The minimum absolute atomic E-state index is 0.103. The fourth-order valence-electron chi connectivity index (χ4n) is 3.74. The molecule has 1 heterocycles. The van der Waals surface area contributed by atoms with Gasteiger partial charge in [0.25, 0.3) is 0 Å². The minimum Gasteiger partial charge on any atom is -0.496 e. The molecule has 0 radical (unpaired) electrons. The van der Waals surface area contributed by atoms with Crippen molar-refractivity contribution in [2.24, 2.45) is 11.8 Å². The summed E-state index contributed by atoms with van der Waals surface area (Å²) in [5, 5.41) is 0.412. The van der Waals surface area contributed by atoms with Crippen LogP contribution in [-0.2, 0) is 0 Å². The number of carbonyl (C=O) groups is 1. The number of hydrogen-bond donors (Lipinski definition) is 1. The predicted molar refractivity (Wildman–Crippen MR) is 97.9 cm³/mol. The van der Waals surface area contributed by atoms with Crippen LogP contribution in [0.15, 0.2) is 12.1 Å². The van der Waals surface area contributed by atoms with Crippen molar-refractivity contribution in [2.45, 2.75) is 38.5 Å². The zero-order valence-electron chi connectivity index (χ0n) is 14.4. The summed E-state index contributed by atoms with van der Waals surface area (Å²) in [6.45, 7) is 3.49. The van der Waals surface area contributed by atoms with Gasteiger partial charge in [-0.05, 0) is 56.7 Å². The molecule has 1 saturated heterocycles. The minimum atomic E-state index is 0.103. The van der Waals surface area contributed by atoms with E-state index in [1.54, 1.807) is 19.2 Å². The fourth-order valence-corrected chi connectivity index (χ4v) is 3.91. The summed E-state index contributed by atoms with van der Waals surface area (Å²) < 4.78 is 5.30. The van der Waals surface area contributed by atoms with E-state index in [4.69, 9.17) is 22.1 Å². The SMILES string of the molecule is COc1cc(N)c(Cl)cc1C(=O)CC1CCN(CC2CCC2)CC1. The Bertz CT molecular complexity index is 593. The monoisotopic (exact) mass is 350 g/mol.